The molecule has 0 aromatic heterocycles. The van der Waals surface area contributed by atoms with Gasteiger partial charge in [0.25, 0.3) is 5.91 Å². The van der Waals surface area contributed by atoms with E-state index in [1.807, 2.05) is 5.32 Å². The van der Waals surface area contributed by atoms with Crippen molar-refractivity contribution in [2.75, 3.05) is 20.6 Å². The molecule has 0 aliphatic heterocycles. The summed E-state index contributed by atoms with van der Waals surface area (Å²) in [6.07, 6.45) is -3.99. The summed E-state index contributed by atoms with van der Waals surface area (Å²) in [6.45, 7) is 3.74. The van der Waals surface area contributed by atoms with E-state index in [2.05, 4.69) is 0 Å². The maximum Gasteiger partial charge on any atom is 0.383 e. The van der Waals surface area contributed by atoms with Crippen LogP contribution in [-0.4, -0.2) is 49.8 Å². The van der Waals surface area contributed by atoms with Crippen LogP contribution in [0.3, 0.4) is 0 Å². The lowest BCUT2D eigenvalue weighted by Gasteiger charge is -2.27. The van der Waals surface area contributed by atoms with Gasteiger partial charge in [-0.05, 0) is 20.0 Å². The molecular formula is C10H18F4N2O. The second-order valence-electron chi connectivity index (χ2n) is 4.51. The average molecular weight is 258 g/mol. The minimum atomic E-state index is -4.64. The quantitative estimate of drug-likeness (QED) is 0.734. The zero-order valence-corrected chi connectivity index (χ0v) is 10.3. The van der Waals surface area contributed by atoms with Gasteiger partial charge in [0, 0.05) is 12.6 Å². The van der Waals surface area contributed by atoms with Crippen molar-refractivity contribution in [1.82, 2.24) is 10.2 Å². The van der Waals surface area contributed by atoms with Gasteiger partial charge in [-0.25, -0.2) is 8.78 Å². The monoisotopic (exact) mass is 258 g/mol. The minimum absolute atomic E-state index is 0.130. The summed E-state index contributed by atoms with van der Waals surface area (Å²) >= 11 is 0. The lowest BCUT2D eigenvalue weighted by Crippen LogP contribution is -2.53. The van der Waals surface area contributed by atoms with Crippen molar-refractivity contribution in [1.29, 1.82) is 0 Å². The molecule has 0 fully saturated rings. The van der Waals surface area contributed by atoms with E-state index in [-0.39, 0.29) is 5.92 Å². The van der Waals surface area contributed by atoms with Crippen molar-refractivity contribution < 1.29 is 22.4 Å². The number of carbonyl (C=O) groups is 1. The first-order valence-electron chi connectivity index (χ1n) is 5.20. The number of likely N-dealkylation sites (N-methyl/N-ethyl adjacent to an activating group) is 1. The molecule has 0 aliphatic rings. The summed E-state index contributed by atoms with van der Waals surface area (Å²) in [5, 5.41) is 1.96. The molecule has 0 heterocycles. The molecule has 0 aliphatic carbocycles. The Hall–Kier alpha value is -0.850. The molecule has 1 atom stereocenters. The lowest BCUT2D eigenvalue weighted by molar-refractivity contribution is -0.170. The van der Waals surface area contributed by atoms with Gasteiger partial charge in [-0.2, -0.15) is 8.78 Å². The highest BCUT2D eigenvalue weighted by molar-refractivity contribution is 5.84. The van der Waals surface area contributed by atoms with E-state index < -0.39 is 24.3 Å². The smallest absolute Gasteiger partial charge is 0.346 e. The Morgan fingerprint density at radius 3 is 2.06 bits per heavy atom. The maximum atomic E-state index is 12.7. The average Bonchev–Trinajstić information content (AvgIpc) is 2.15. The molecular weight excluding hydrogens is 240 g/mol. The Morgan fingerprint density at radius 1 is 1.29 bits per heavy atom. The normalized spacial score (nSPS) is 14.5. The van der Waals surface area contributed by atoms with E-state index in [0.29, 0.717) is 6.54 Å². The largest absolute Gasteiger partial charge is 0.383 e. The summed E-state index contributed by atoms with van der Waals surface area (Å²) in [5.41, 5.74) is 0. The van der Waals surface area contributed by atoms with Crippen LogP contribution in [0.4, 0.5) is 17.6 Å². The number of hydrogen-bond donors (Lipinski definition) is 1. The summed E-state index contributed by atoms with van der Waals surface area (Å²) in [5.74, 6) is -6.69. The topological polar surface area (TPSA) is 32.3 Å². The van der Waals surface area contributed by atoms with Crippen LogP contribution in [-0.2, 0) is 4.79 Å². The van der Waals surface area contributed by atoms with Gasteiger partial charge in [0.05, 0.1) is 0 Å². The fourth-order valence-corrected chi connectivity index (χ4v) is 1.18. The van der Waals surface area contributed by atoms with Gasteiger partial charge in [0.15, 0.2) is 0 Å². The van der Waals surface area contributed by atoms with Crippen LogP contribution in [0.5, 0.6) is 0 Å². The van der Waals surface area contributed by atoms with E-state index in [4.69, 9.17) is 0 Å². The van der Waals surface area contributed by atoms with Gasteiger partial charge in [-0.15, -0.1) is 0 Å². The second kappa shape index (κ2) is 6.18. The van der Waals surface area contributed by atoms with Crippen LogP contribution in [0.15, 0.2) is 0 Å². The van der Waals surface area contributed by atoms with Crippen molar-refractivity contribution in [3.05, 3.63) is 0 Å². The van der Waals surface area contributed by atoms with E-state index in [9.17, 15) is 22.4 Å². The zero-order chi connectivity index (χ0) is 13.8. The van der Waals surface area contributed by atoms with Crippen molar-refractivity contribution in [3.8, 4) is 0 Å². The third kappa shape index (κ3) is 4.89. The lowest BCUT2D eigenvalue weighted by atomic mass is 10.0. The molecule has 102 valence electrons. The van der Waals surface area contributed by atoms with Gasteiger partial charge >= 0.3 is 12.3 Å². The molecule has 0 aromatic rings. The first kappa shape index (κ1) is 16.1. The summed E-state index contributed by atoms with van der Waals surface area (Å²) in [6, 6.07) is -0.595. The number of alkyl halides is 4. The highest BCUT2D eigenvalue weighted by atomic mass is 19.3. The third-order valence-corrected chi connectivity index (χ3v) is 2.26. The number of rotatable bonds is 6. The highest BCUT2D eigenvalue weighted by Crippen LogP contribution is 2.23. The number of hydrogen-bond acceptors (Lipinski definition) is 2. The molecule has 0 rings (SSSR count). The molecule has 1 amide bonds. The molecule has 0 saturated heterocycles. The number of carbonyl (C=O) groups excluding carboxylic acids is 1. The van der Waals surface area contributed by atoms with E-state index >= 15 is 0 Å². The fourth-order valence-electron chi connectivity index (χ4n) is 1.18. The van der Waals surface area contributed by atoms with E-state index in [1.165, 1.54) is 0 Å². The van der Waals surface area contributed by atoms with Gasteiger partial charge < -0.3 is 10.2 Å². The van der Waals surface area contributed by atoms with Gasteiger partial charge in [-0.1, -0.05) is 13.8 Å². The van der Waals surface area contributed by atoms with Crippen LogP contribution in [0.1, 0.15) is 13.8 Å². The Labute approximate surface area is 98.2 Å². The number of halogens is 4. The first-order valence-corrected chi connectivity index (χ1v) is 5.20. The van der Waals surface area contributed by atoms with Crippen LogP contribution in [0.2, 0.25) is 0 Å². The molecule has 0 radical (unpaired) electrons. The Kier molecular flexibility index (Phi) is 5.87. The molecule has 1 unspecified atom stereocenters. The number of nitrogens with one attached hydrogen (secondary N) is 1. The van der Waals surface area contributed by atoms with Gasteiger partial charge in [0.1, 0.15) is 0 Å². The Balaban J connectivity index is 4.61. The molecule has 17 heavy (non-hydrogen) atoms. The summed E-state index contributed by atoms with van der Waals surface area (Å²) < 4.78 is 49.4. The predicted molar refractivity (Wildman–Crippen MR) is 56.3 cm³/mol. The molecule has 0 aromatic carbocycles. The molecule has 1 N–H and O–H groups in total. The standard InChI is InChI=1S/C10H18F4N2O/c1-6(2)7(5-16(3)4)15-9(17)10(13,14)8(11)12/h6-8H,5H2,1-4H3,(H,15,17). The Bertz CT molecular complexity index is 257. The third-order valence-electron chi connectivity index (χ3n) is 2.26. The Morgan fingerprint density at radius 2 is 1.76 bits per heavy atom. The molecule has 0 spiro atoms. The van der Waals surface area contributed by atoms with Crippen LogP contribution in [0, 0.1) is 5.92 Å². The molecule has 0 saturated carbocycles. The number of amides is 1. The molecule has 3 nitrogen and oxygen atoms in total. The first-order chi connectivity index (χ1) is 7.59. The van der Waals surface area contributed by atoms with Crippen molar-refractivity contribution in [3.63, 3.8) is 0 Å². The second-order valence-corrected chi connectivity index (χ2v) is 4.51. The number of nitrogens with zero attached hydrogens (tertiary/aromatic N) is 1. The summed E-state index contributed by atoms with van der Waals surface area (Å²) in [7, 11) is 3.40. The fraction of sp³-hybridized carbons (Fsp3) is 0.900. The SMILES string of the molecule is CC(C)C(CN(C)C)NC(=O)C(F)(F)C(F)F. The summed E-state index contributed by atoms with van der Waals surface area (Å²) in [4.78, 5) is 12.7. The van der Waals surface area contributed by atoms with Crippen molar-refractivity contribution in [2.24, 2.45) is 5.92 Å². The van der Waals surface area contributed by atoms with Gasteiger partial charge in [-0.3, -0.25) is 4.79 Å². The van der Waals surface area contributed by atoms with E-state index in [0.717, 1.165) is 0 Å². The zero-order valence-electron chi connectivity index (χ0n) is 10.3. The van der Waals surface area contributed by atoms with Crippen molar-refractivity contribution >= 4 is 5.91 Å². The predicted octanol–water partition coefficient (Wildman–Crippen LogP) is 1.59. The van der Waals surface area contributed by atoms with Crippen LogP contribution >= 0.6 is 0 Å². The molecule has 7 heteroatoms. The van der Waals surface area contributed by atoms with Gasteiger partial charge in [0.2, 0.25) is 0 Å². The van der Waals surface area contributed by atoms with E-state index in [1.54, 1.807) is 32.8 Å². The minimum Gasteiger partial charge on any atom is -0.346 e. The van der Waals surface area contributed by atoms with Crippen molar-refractivity contribution in [2.45, 2.75) is 32.2 Å². The molecule has 0 bridgehead atoms. The van der Waals surface area contributed by atoms with Crippen LogP contribution < -0.4 is 5.32 Å². The highest BCUT2D eigenvalue weighted by Gasteiger charge is 2.49. The van der Waals surface area contributed by atoms with Crippen LogP contribution in [0.25, 0.3) is 0 Å². The maximum absolute atomic E-state index is 12.7.